The fourth-order valence-corrected chi connectivity index (χ4v) is 2.34. The molecule has 2 N–H and O–H groups in total. The predicted molar refractivity (Wildman–Crippen MR) is 101 cm³/mol. The molecule has 5 heteroatoms. The molecule has 1 atom stereocenters. The van der Waals surface area contributed by atoms with Crippen molar-refractivity contribution in [3.8, 4) is 11.3 Å². The molecule has 0 saturated heterocycles. The van der Waals surface area contributed by atoms with Gasteiger partial charge in [-0.1, -0.05) is 37.3 Å². The predicted octanol–water partition coefficient (Wildman–Crippen LogP) is 5.24. The van der Waals surface area contributed by atoms with E-state index in [4.69, 9.17) is 0 Å². The third-order valence-electron chi connectivity index (χ3n) is 3.90. The van der Waals surface area contributed by atoms with Crippen LogP contribution in [0.1, 0.15) is 20.3 Å². The number of hydrogen-bond acceptors (Lipinski definition) is 4. The zero-order chi connectivity index (χ0) is 17.6. The van der Waals surface area contributed by atoms with Gasteiger partial charge in [0.2, 0.25) is 5.95 Å². The molecule has 0 bridgehead atoms. The number of nitrogens with one attached hydrogen (secondary N) is 2. The van der Waals surface area contributed by atoms with Gasteiger partial charge in [-0.15, -0.1) is 0 Å². The van der Waals surface area contributed by atoms with Gasteiger partial charge in [-0.25, -0.2) is 9.37 Å². The van der Waals surface area contributed by atoms with E-state index in [1.807, 2.05) is 36.4 Å². The first kappa shape index (κ1) is 16.9. The lowest BCUT2D eigenvalue weighted by Gasteiger charge is -2.14. The molecule has 128 valence electrons. The number of halogens is 1. The maximum Gasteiger partial charge on any atom is 0.225 e. The lowest BCUT2D eigenvalue weighted by molar-refractivity contribution is 0.628. The molecule has 0 fully saturated rings. The average molecular weight is 336 g/mol. The van der Waals surface area contributed by atoms with E-state index in [1.165, 1.54) is 12.1 Å². The van der Waals surface area contributed by atoms with Crippen LogP contribution in [0.15, 0.2) is 60.7 Å². The van der Waals surface area contributed by atoms with Gasteiger partial charge in [-0.05, 0) is 37.6 Å². The summed E-state index contributed by atoms with van der Waals surface area (Å²) in [4.78, 5) is 9.16. The highest BCUT2D eigenvalue weighted by Gasteiger charge is 2.09. The molecule has 0 unspecified atom stereocenters. The van der Waals surface area contributed by atoms with Crippen LogP contribution in [0.2, 0.25) is 0 Å². The standard InChI is InChI=1S/C20H21FN4/c1-3-14(2)22-20-24-18(15-7-5-4-6-8-15)13-19(25-20)23-17-11-9-16(21)10-12-17/h4-14H,3H2,1-2H3,(H2,22,23,24,25)/t14-/m0/s1. The van der Waals surface area contributed by atoms with E-state index in [1.54, 1.807) is 12.1 Å². The Balaban J connectivity index is 1.95. The number of rotatable bonds is 6. The summed E-state index contributed by atoms with van der Waals surface area (Å²) in [6, 6.07) is 18.3. The van der Waals surface area contributed by atoms with Gasteiger partial charge in [0.05, 0.1) is 5.69 Å². The Morgan fingerprint density at radius 2 is 1.72 bits per heavy atom. The van der Waals surface area contributed by atoms with E-state index in [9.17, 15) is 4.39 Å². The van der Waals surface area contributed by atoms with Crippen LogP contribution in [-0.4, -0.2) is 16.0 Å². The number of anilines is 3. The summed E-state index contributed by atoms with van der Waals surface area (Å²) in [5.74, 6) is 0.962. The van der Waals surface area contributed by atoms with Gasteiger partial charge in [0, 0.05) is 23.4 Å². The summed E-state index contributed by atoms with van der Waals surface area (Å²) < 4.78 is 13.1. The molecule has 2 aromatic carbocycles. The van der Waals surface area contributed by atoms with Gasteiger partial charge in [0.15, 0.2) is 0 Å². The van der Waals surface area contributed by atoms with Crippen LogP contribution in [0.4, 0.5) is 21.8 Å². The molecule has 0 spiro atoms. The molecule has 1 aromatic heterocycles. The summed E-state index contributed by atoms with van der Waals surface area (Å²) in [7, 11) is 0. The molecular formula is C20H21FN4. The molecule has 1 heterocycles. The third-order valence-corrected chi connectivity index (χ3v) is 3.90. The van der Waals surface area contributed by atoms with Crippen molar-refractivity contribution in [1.82, 2.24) is 9.97 Å². The number of hydrogen-bond donors (Lipinski definition) is 2. The highest BCUT2D eigenvalue weighted by atomic mass is 19.1. The van der Waals surface area contributed by atoms with Gasteiger partial charge >= 0.3 is 0 Å². The minimum absolute atomic E-state index is 0.266. The molecule has 0 saturated carbocycles. The van der Waals surface area contributed by atoms with Crippen LogP contribution in [0, 0.1) is 5.82 Å². The van der Waals surface area contributed by atoms with Crippen LogP contribution >= 0.6 is 0 Å². The summed E-state index contributed by atoms with van der Waals surface area (Å²) in [5, 5.41) is 6.53. The smallest absolute Gasteiger partial charge is 0.225 e. The quantitative estimate of drug-likeness (QED) is 0.646. The van der Waals surface area contributed by atoms with Crippen LogP contribution in [0.25, 0.3) is 11.3 Å². The molecule has 0 aliphatic carbocycles. The van der Waals surface area contributed by atoms with Gasteiger partial charge in [0.1, 0.15) is 11.6 Å². The number of benzene rings is 2. The third kappa shape index (κ3) is 4.53. The second-order valence-corrected chi connectivity index (χ2v) is 5.91. The Kier molecular flexibility index (Phi) is 5.23. The molecule has 0 amide bonds. The van der Waals surface area contributed by atoms with Gasteiger partial charge in [-0.3, -0.25) is 0 Å². The largest absolute Gasteiger partial charge is 0.352 e. The Bertz CT molecular complexity index is 819. The Hall–Kier alpha value is -2.95. The maximum absolute atomic E-state index is 13.1. The monoisotopic (exact) mass is 336 g/mol. The lowest BCUT2D eigenvalue weighted by atomic mass is 10.1. The van der Waals surface area contributed by atoms with Crippen molar-refractivity contribution in [3.05, 3.63) is 66.5 Å². The van der Waals surface area contributed by atoms with Crippen LogP contribution in [0.3, 0.4) is 0 Å². The van der Waals surface area contributed by atoms with Crippen molar-refractivity contribution in [2.45, 2.75) is 26.3 Å². The van der Waals surface area contributed by atoms with Crippen molar-refractivity contribution >= 4 is 17.5 Å². The molecule has 0 aliphatic rings. The van der Waals surface area contributed by atoms with E-state index in [0.29, 0.717) is 11.8 Å². The van der Waals surface area contributed by atoms with E-state index < -0.39 is 0 Å². The molecular weight excluding hydrogens is 315 g/mol. The summed E-state index contributed by atoms with van der Waals surface area (Å²) in [6.07, 6.45) is 0.972. The van der Waals surface area contributed by atoms with E-state index in [2.05, 4.69) is 34.4 Å². The van der Waals surface area contributed by atoms with Gasteiger partial charge in [-0.2, -0.15) is 4.98 Å². The van der Waals surface area contributed by atoms with Gasteiger partial charge in [0.25, 0.3) is 0 Å². The first-order valence-electron chi connectivity index (χ1n) is 8.37. The maximum atomic E-state index is 13.1. The molecule has 0 aliphatic heterocycles. The van der Waals surface area contributed by atoms with Gasteiger partial charge < -0.3 is 10.6 Å². The fraction of sp³-hybridized carbons (Fsp3) is 0.200. The zero-order valence-electron chi connectivity index (χ0n) is 14.3. The summed E-state index contributed by atoms with van der Waals surface area (Å²) in [5.41, 5.74) is 2.61. The fourth-order valence-electron chi connectivity index (χ4n) is 2.34. The van der Waals surface area contributed by atoms with Crippen molar-refractivity contribution in [1.29, 1.82) is 0 Å². The Morgan fingerprint density at radius 3 is 2.40 bits per heavy atom. The van der Waals surface area contributed by atoms with Crippen LogP contribution in [0.5, 0.6) is 0 Å². The Labute approximate surface area is 147 Å². The molecule has 3 aromatic rings. The summed E-state index contributed by atoms with van der Waals surface area (Å²) >= 11 is 0. The molecule has 25 heavy (non-hydrogen) atoms. The lowest BCUT2D eigenvalue weighted by Crippen LogP contribution is -2.16. The average Bonchev–Trinajstić information content (AvgIpc) is 2.64. The minimum atomic E-state index is -0.266. The molecule has 0 radical (unpaired) electrons. The van der Waals surface area contributed by atoms with E-state index >= 15 is 0 Å². The second kappa shape index (κ2) is 7.75. The number of nitrogens with zero attached hydrogens (tertiary/aromatic N) is 2. The molecule has 4 nitrogen and oxygen atoms in total. The van der Waals surface area contributed by atoms with Crippen molar-refractivity contribution in [2.75, 3.05) is 10.6 Å². The zero-order valence-corrected chi connectivity index (χ0v) is 14.3. The highest BCUT2D eigenvalue weighted by molar-refractivity contribution is 5.67. The van der Waals surface area contributed by atoms with Crippen LogP contribution in [-0.2, 0) is 0 Å². The summed E-state index contributed by atoms with van der Waals surface area (Å²) in [6.45, 7) is 4.20. The van der Waals surface area contributed by atoms with Crippen LogP contribution < -0.4 is 10.6 Å². The second-order valence-electron chi connectivity index (χ2n) is 5.91. The first-order valence-corrected chi connectivity index (χ1v) is 8.37. The van der Waals surface area contributed by atoms with Crippen molar-refractivity contribution in [2.24, 2.45) is 0 Å². The highest BCUT2D eigenvalue weighted by Crippen LogP contribution is 2.24. The number of aromatic nitrogens is 2. The normalized spacial score (nSPS) is 11.8. The van der Waals surface area contributed by atoms with Crippen molar-refractivity contribution < 1.29 is 4.39 Å². The molecule has 3 rings (SSSR count). The Morgan fingerprint density at radius 1 is 1.00 bits per heavy atom. The topological polar surface area (TPSA) is 49.8 Å². The first-order chi connectivity index (χ1) is 12.1. The SMILES string of the molecule is CC[C@H](C)Nc1nc(Nc2ccc(F)cc2)cc(-c2ccccc2)n1. The van der Waals surface area contributed by atoms with E-state index in [-0.39, 0.29) is 11.9 Å². The van der Waals surface area contributed by atoms with Crippen molar-refractivity contribution in [3.63, 3.8) is 0 Å². The van der Waals surface area contributed by atoms with E-state index in [0.717, 1.165) is 23.4 Å². The minimum Gasteiger partial charge on any atom is -0.352 e.